The summed E-state index contributed by atoms with van der Waals surface area (Å²) in [7, 11) is 1.31. The van der Waals surface area contributed by atoms with Crippen LogP contribution in [-0.2, 0) is 16.0 Å². The number of carbonyl (C=O) groups excluding carboxylic acids is 3. The summed E-state index contributed by atoms with van der Waals surface area (Å²) < 4.78 is 4.88. The minimum atomic E-state index is -0.510. The lowest BCUT2D eigenvalue weighted by Crippen LogP contribution is -2.41. The van der Waals surface area contributed by atoms with Crippen molar-refractivity contribution >= 4 is 17.7 Å². The Balaban J connectivity index is 1.81. The average molecular weight is 374 g/mol. The molecule has 6 nitrogen and oxygen atoms in total. The van der Waals surface area contributed by atoms with Crippen LogP contribution in [0, 0.1) is 12.8 Å². The van der Waals surface area contributed by atoms with Crippen molar-refractivity contribution < 1.29 is 19.1 Å². The predicted octanol–water partition coefficient (Wildman–Crippen LogP) is 3.43. The van der Waals surface area contributed by atoms with Crippen LogP contribution >= 0.6 is 0 Å². The molecule has 1 aromatic heterocycles. The normalized spacial score (nSPS) is 20.7. The number of nitrogens with zero attached hydrogens (tertiary/aromatic N) is 1. The predicted molar refractivity (Wildman–Crippen MR) is 102 cm³/mol. The number of esters is 1. The standard InChI is InChI=1S/C21H30N2O4/c1-13-19(21(26)27-3)16(22-20(13)14(2)24)12-18(25)23-11-7-10-17(23)15-8-5-4-6-9-15/h15,17,22H,4-12H2,1-3H3/t17-/m0/s1. The number of methoxy groups -OCH3 is 1. The highest BCUT2D eigenvalue weighted by atomic mass is 16.5. The summed E-state index contributed by atoms with van der Waals surface area (Å²) in [6, 6.07) is 0.322. The highest BCUT2D eigenvalue weighted by Gasteiger charge is 2.36. The number of amides is 1. The molecule has 0 unspecified atom stereocenters. The third-order valence-corrected chi connectivity index (χ3v) is 6.21. The van der Waals surface area contributed by atoms with Crippen molar-refractivity contribution in [2.45, 2.75) is 71.3 Å². The van der Waals surface area contributed by atoms with Gasteiger partial charge in [-0.15, -0.1) is 0 Å². The highest BCUT2D eigenvalue weighted by molar-refractivity contribution is 6.01. The Morgan fingerprint density at radius 2 is 1.81 bits per heavy atom. The van der Waals surface area contributed by atoms with E-state index in [1.165, 1.54) is 46.1 Å². The van der Waals surface area contributed by atoms with E-state index in [1.54, 1.807) is 6.92 Å². The number of rotatable bonds is 5. The second-order valence-electron chi connectivity index (χ2n) is 7.90. The van der Waals surface area contributed by atoms with Gasteiger partial charge in [-0.2, -0.15) is 0 Å². The molecule has 1 aliphatic carbocycles. The van der Waals surface area contributed by atoms with Gasteiger partial charge in [0.1, 0.15) is 0 Å². The van der Waals surface area contributed by atoms with E-state index in [1.807, 2.05) is 4.90 Å². The van der Waals surface area contributed by atoms with Gasteiger partial charge in [-0.25, -0.2) is 4.79 Å². The molecule has 6 heteroatoms. The zero-order valence-electron chi connectivity index (χ0n) is 16.6. The summed E-state index contributed by atoms with van der Waals surface area (Å²) in [6.45, 7) is 3.95. The molecule has 0 spiro atoms. The van der Waals surface area contributed by atoms with Crippen LogP contribution in [0.2, 0.25) is 0 Å². The van der Waals surface area contributed by atoms with Gasteiger partial charge in [0.25, 0.3) is 0 Å². The Hall–Kier alpha value is -2.11. The fraction of sp³-hybridized carbons (Fsp3) is 0.667. The zero-order chi connectivity index (χ0) is 19.6. The lowest BCUT2D eigenvalue weighted by Gasteiger charge is -2.34. The van der Waals surface area contributed by atoms with E-state index in [2.05, 4.69) is 4.98 Å². The lowest BCUT2D eigenvalue weighted by atomic mass is 9.83. The molecule has 1 saturated heterocycles. The van der Waals surface area contributed by atoms with Crippen LogP contribution in [0.5, 0.6) is 0 Å². The molecule has 1 aliphatic heterocycles. The van der Waals surface area contributed by atoms with Gasteiger partial charge in [0, 0.05) is 25.2 Å². The molecular formula is C21H30N2O4. The number of ketones is 1. The van der Waals surface area contributed by atoms with Gasteiger partial charge in [-0.05, 0) is 44.1 Å². The van der Waals surface area contributed by atoms with Gasteiger partial charge in [-0.1, -0.05) is 19.3 Å². The lowest BCUT2D eigenvalue weighted by molar-refractivity contribution is -0.132. The molecule has 2 fully saturated rings. The molecule has 0 aromatic carbocycles. The maximum atomic E-state index is 13.1. The Bertz CT molecular complexity index is 731. The molecule has 27 heavy (non-hydrogen) atoms. The van der Waals surface area contributed by atoms with E-state index >= 15 is 0 Å². The van der Waals surface area contributed by atoms with E-state index in [0.717, 1.165) is 19.4 Å². The fourth-order valence-electron chi connectivity index (χ4n) is 4.89. The summed E-state index contributed by atoms with van der Waals surface area (Å²) in [5.74, 6) is -0.0325. The van der Waals surface area contributed by atoms with Crippen LogP contribution in [0.4, 0.5) is 0 Å². The van der Waals surface area contributed by atoms with Crippen LogP contribution in [0.25, 0.3) is 0 Å². The van der Waals surface area contributed by atoms with E-state index in [-0.39, 0.29) is 18.1 Å². The largest absolute Gasteiger partial charge is 0.465 e. The van der Waals surface area contributed by atoms with Gasteiger partial charge in [-0.3, -0.25) is 9.59 Å². The monoisotopic (exact) mass is 374 g/mol. The number of hydrogen-bond donors (Lipinski definition) is 1. The van der Waals surface area contributed by atoms with E-state index in [4.69, 9.17) is 4.74 Å². The average Bonchev–Trinajstić information content (AvgIpc) is 3.27. The molecule has 1 amide bonds. The second kappa shape index (κ2) is 8.28. The number of Topliss-reactive ketones (excluding diaryl/α,β-unsaturated/α-hetero) is 1. The number of nitrogens with one attached hydrogen (secondary N) is 1. The van der Waals surface area contributed by atoms with Crippen LogP contribution in [0.1, 0.15) is 84.0 Å². The van der Waals surface area contributed by atoms with Crippen LogP contribution in [-0.4, -0.2) is 47.2 Å². The van der Waals surface area contributed by atoms with Gasteiger partial charge in [0.05, 0.1) is 24.8 Å². The molecule has 0 radical (unpaired) electrons. The summed E-state index contributed by atoms with van der Waals surface area (Å²) in [5.41, 5.74) is 1.75. The number of aromatic amines is 1. The van der Waals surface area contributed by atoms with Gasteiger partial charge >= 0.3 is 5.97 Å². The summed E-state index contributed by atoms with van der Waals surface area (Å²) >= 11 is 0. The molecule has 148 valence electrons. The molecule has 1 atom stereocenters. The van der Waals surface area contributed by atoms with Crippen molar-refractivity contribution in [3.05, 3.63) is 22.5 Å². The number of likely N-dealkylation sites (tertiary alicyclic amines) is 1. The van der Waals surface area contributed by atoms with Gasteiger partial charge in [0.2, 0.25) is 5.91 Å². The van der Waals surface area contributed by atoms with Crippen LogP contribution < -0.4 is 0 Å². The van der Waals surface area contributed by atoms with Crippen molar-refractivity contribution in [2.24, 2.45) is 5.92 Å². The first-order valence-electron chi connectivity index (χ1n) is 10.0. The van der Waals surface area contributed by atoms with E-state index < -0.39 is 5.97 Å². The Morgan fingerprint density at radius 1 is 1.11 bits per heavy atom. The summed E-state index contributed by atoms with van der Waals surface area (Å²) in [4.78, 5) is 42.2. The summed E-state index contributed by atoms with van der Waals surface area (Å²) in [6.07, 6.45) is 8.44. The van der Waals surface area contributed by atoms with E-state index in [0.29, 0.717) is 34.5 Å². The fourth-order valence-corrected chi connectivity index (χ4v) is 4.89. The first kappa shape index (κ1) is 19.6. The number of hydrogen-bond acceptors (Lipinski definition) is 4. The van der Waals surface area contributed by atoms with Crippen LogP contribution in [0.15, 0.2) is 0 Å². The quantitative estimate of drug-likeness (QED) is 0.633. The molecule has 0 bridgehead atoms. The SMILES string of the molecule is COC(=O)c1c(CC(=O)N2CCC[C@H]2C2CCCCC2)[nH]c(C(C)=O)c1C. The number of aromatic nitrogens is 1. The van der Waals surface area contributed by atoms with Crippen molar-refractivity contribution in [3.8, 4) is 0 Å². The number of ether oxygens (including phenoxy) is 1. The first-order valence-corrected chi connectivity index (χ1v) is 10.0. The maximum absolute atomic E-state index is 13.1. The number of carbonyl (C=O) groups is 3. The minimum Gasteiger partial charge on any atom is -0.465 e. The molecule has 1 N–H and O–H groups in total. The molecule has 2 aliphatic rings. The third kappa shape index (κ3) is 3.94. The van der Waals surface area contributed by atoms with Crippen molar-refractivity contribution in [2.75, 3.05) is 13.7 Å². The Morgan fingerprint density at radius 3 is 2.44 bits per heavy atom. The molecule has 3 rings (SSSR count). The molecule has 1 saturated carbocycles. The maximum Gasteiger partial charge on any atom is 0.339 e. The molecular weight excluding hydrogens is 344 g/mol. The van der Waals surface area contributed by atoms with Gasteiger partial charge in [0.15, 0.2) is 5.78 Å². The smallest absolute Gasteiger partial charge is 0.339 e. The molecule has 1 aromatic rings. The first-order chi connectivity index (χ1) is 12.9. The minimum absolute atomic E-state index is 0.0320. The van der Waals surface area contributed by atoms with Gasteiger partial charge < -0.3 is 14.6 Å². The second-order valence-corrected chi connectivity index (χ2v) is 7.90. The highest BCUT2D eigenvalue weighted by Crippen LogP contribution is 2.34. The van der Waals surface area contributed by atoms with Crippen molar-refractivity contribution in [3.63, 3.8) is 0 Å². The van der Waals surface area contributed by atoms with Crippen molar-refractivity contribution in [1.29, 1.82) is 0 Å². The van der Waals surface area contributed by atoms with E-state index in [9.17, 15) is 14.4 Å². The summed E-state index contributed by atoms with van der Waals surface area (Å²) in [5, 5.41) is 0. The molecule has 2 heterocycles. The topological polar surface area (TPSA) is 79.5 Å². The van der Waals surface area contributed by atoms with Crippen LogP contribution in [0.3, 0.4) is 0 Å². The zero-order valence-corrected chi connectivity index (χ0v) is 16.6. The number of H-pyrrole nitrogens is 1. The Kier molecular flexibility index (Phi) is 6.02. The van der Waals surface area contributed by atoms with Crippen molar-refractivity contribution in [1.82, 2.24) is 9.88 Å². The Labute approximate surface area is 160 Å². The third-order valence-electron chi connectivity index (χ3n) is 6.21.